The van der Waals surface area contributed by atoms with E-state index < -0.39 is 5.97 Å². The monoisotopic (exact) mass is 182 g/mol. The summed E-state index contributed by atoms with van der Waals surface area (Å²) in [4.78, 5) is 30.9. The van der Waals surface area contributed by atoms with Crippen molar-refractivity contribution < 1.29 is 19.5 Å². The molecule has 0 atom stereocenters. The van der Waals surface area contributed by atoms with E-state index in [0.717, 1.165) is 6.08 Å². The first kappa shape index (κ1) is 11.3. The fourth-order valence-corrected chi connectivity index (χ4v) is 0.831. The second kappa shape index (κ2) is 5.88. The van der Waals surface area contributed by atoms with Gasteiger partial charge in [0.25, 0.3) is 0 Å². The molecule has 0 heterocycles. The van der Waals surface area contributed by atoms with Gasteiger partial charge in [-0.15, -0.1) is 0 Å². The molecule has 0 unspecified atom stereocenters. The highest BCUT2D eigenvalue weighted by molar-refractivity contribution is 5.87. The second-order valence-electron chi connectivity index (χ2n) is 2.26. The molecule has 0 aliphatic carbocycles. The number of carbonyl (C=O) groups excluding carboxylic acids is 2. The molecule has 0 aromatic heterocycles. The van der Waals surface area contributed by atoms with Crippen molar-refractivity contribution in [3.8, 4) is 0 Å². The maximum Gasteiger partial charge on any atom is 0.307 e. The van der Waals surface area contributed by atoms with E-state index in [1.165, 1.54) is 6.08 Å². The van der Waals surface area contributed by atoms with Crippen molar-refractivity contribution in [2.45, 2.75) is 13.3 Å². The zero-order valence-corrected chi connectivity index (χ0v) is 7.19. The third kappa shape index (κ3) is 4.00. The molecule has 0 aromatic rings. The van der Waals surface area contributed by atoms with Crippen LogP contribution in [0.2, 0.25) is 0 Å². The van der Waals surface area contributed by atoms with Crippen molar-refractivity contribution in [2.24, 2.45) is 0 Å². The van der Waals surface area contributed by atoms with Crippen molar-refractivity contribution in [3.05, 3.63) is 23.3 Å². The average molecular weight is 182 g/mol. The number of rotatable bonds is 5. The Kier molecular flexibility index (Phi) is 5.11. The molecule has 4 heteroatoms. The van der Waals surface area contributed by atoms with Gasteiger partial charge in [-0.3, -0.25) is 14.4 Å². The Morgan fingerprint density at radius 1 is 1.38 bits per heavy atom. The Balaban J connectivity index is 4.80. The molecular formula is C9H10O4. The second-order valence-corrected chi connectivity index (χ2v) is 2.26. The highest BCUT2D eigenvalue weighted by Crippen LogP contribution is 2.11. The van der Waals surface area contributed by atoms with Crippen LogP contribution in [0, 0.1) is 0 Å². The number of carbonyl (C=O) groups is 3. The van der Waals surface area contributed by atoms with Gasteiger partial charge in [0.2, 0.25) is 0 Å². The first-order chi connectivity index (χ1) is 6.15. The molecular weight excluding hydrogens is 172 g/mol. The molecule has 0 saturated carbocycles. The molecule has 0 bridgehead atoms. The lowest BCUT2D eigenvalue weighted by Gasteiger charge is -2.00. The minimum Gasteiger partial charge on any atom is -0.481 e. The standard InChI is InChI=1S/C9H10O4/c1-2-7(6-11)8(3-4-10)5-9(12)13/h2-4,6H,5H2,1H3,(H,12,13)/b7-2+,8-3-. The van der Waals surface area contributed by atoms with E-state index in [9.17, 15) is 14.4 Å². The van der Waals surface area contributed by atoms with E-state index in [1.54, 1.807) is 6.92 Å². The molecule has 0 amide bonds. The zero-order valence-electron chi connectivity index (χ0n) is 7.19. The van der Waals surface area contributed by atoms with Crippen LogP contribution in [0.4, 0.5) is 0 Å². The number of aldehydes is 2. The van der Waals surface area contributed by atoms with Crippen LogP contribution >= 0.6 is 0 Å². The maximum atomic E-state index is 10.4. The van der Waals surface area contributed by atoms with Crippen molar-refractivity contribution in [3.63, 3.8) is 0 Å². The highest BCUT2D eigenvalue weighted by atomic mass is 16.4. The predicted octanol–water partition coefficient (Wildman–Crippen LogP) is 0.732. The molecule has 0 spiro atoms. The first-order valence-electron chi connectivity index (χ1n) is 3.63. The molecule has 1 N–H and O–H groups in total. The SMILES string of the molecule is C/C=C(C=O)/C(=C\C=O)CC(=O)O. The Morgan fingerprint density at radius 2 is 2.00 bits per heavy atom. The summed E-state index contributed by atoms with van der Waals surface area (Å²) in [6.07, 6.45) is 3.21. The Bertz CT molecular complexity index is 273. The van der Waals surface area contributed by atoms with Gasteiger partial charge in [0, 0.05) is 5.57 Å². The minimum absolute atomic E-state index is 0.222. The van der Waals surface area contributed by atoms with Crippen molar-refractivity contribution in [1.82, 2.24) is 0 Å². The van der Waals surface area contributed by atoms with Crippen LogP contribution in [0.25, 0.3) is 0 Å². The third-order valence-corrected chi connectivity index (χ3v) is 1.42. The largest absolute Gasteiger partial charge is 0.481 e. The number of carboxylic acids is 1. The first-order valence-corrected chi connectivity index (χ1v) is 3.63. The summed E-state index contributed by atoms with van der Waals surface area (Å²) in [6.45, 7) is 1.60. The van der Waals surface area contributed by atoms with Crippen LogP contribution in [0.1, 0.15) is 13.3 Å². The number of carboxylic acid groups (broad SMARTS) is 1. The number of allylic oxidation sites excluding steroid dienone is 3. The average Bonchev–Trinajstić information content (AvgIpc) is 2.05. The zero-order chi connectivity index (χ0) is 10.3. The Labute approximate surface area is 75.6 Å². The van der Waals surface area contributed by atoms with Gasteiger partial charge in [0.1, 0.15) is 12.6 Å². The number of hydrogen-bond acceptors (Lipinski definition) is 3. The molecule has 0 aliphatic rings. The minimum atomic E-state index is -1.07. The van der Waals surface area contributed by atoms with E-state index in [-0.39, 0.29) is 17.6 Å². The molecule has 0 aromatic carbocycles. The van der Waals surface area contributed by atoms with Gasteiger partial charge in [-0.1, -0.05) is 6.08 Å². The predicted molar refractivity (Wildman–Crippen MR) is 46.2 cm³/mol. The van der Waals surface area contributed by atoms with Crippen LogP contribution in [-0.2, 0) is 14.4 Å². The van der Waals surface area contributed by atoms with E-state index in [2.05, 4.69) is 0 Å². The fourth-order valence-electron chi connectivity index (χ4n) is 0.831. The molecule has 0 aliphatic heterocycles. The molecule has 4 nitrogen and oxygen atoms in total. The number of aliphatic carboxylic acids is 1. The van der Waals surface area contributed by atoms with Gasteiger partial charge < -0.3 is 5.11 Å². The number of hydrogen-bond donors (Lipinski definition) is 1. The summed E-state index contributed by atoms with van der Waals surface area (Å²) >= 11 is 0. The normalized spacial score (nSPS) is 12.4. The van der Waals surface area contributed by atoms with Crippen molar-refractivity contribution in [2.75, 3.05) is 0 Å². The smallest absolute Gasteiger partial charge is 0.307 e. The maximum absolute atomic E-state index is 10.4. The molecule has 0 saturated heterocycles. The van der Waals surface area contributed by atoms with E-state index in [0.29, 0.717) is 12.6 Å². The van der Waals surface area contributed by atoms with Gasteiger partial charge in [-0.2, -0.15) is 0 Å². The summed E-state index contributed by atoms with van der Waals surface area (Å²) in [7, 11) is 0. The lowest BCUT2D eigenvalue weighted by atomic mass is 10.0. The van der Waals surface area contributed by atoms with Crippen LogP contribution in [-0.4, -0.2) is 23.6 Å². The van der Waals surface area contributed by atoms with E-state index in [1.807, 2.05) is 0 Å². The van der Waals surface area contributed by atoms with Crippen molar-refractivity contribution in [1.29, 1.82) is 0 Å². The molecule has 0 fully saturated rings. The Hall–Kier alpha value is -1.71. The summed E-state index contributed by atoms with van der Waals surface area (Å²) in [5.74, 6) is -1.07. The van der Waals surface area contributed by atoms with Crippen molar-refractivity contribution >= 4 is 18.5 Å². The highest BCUT2D eigenvalue weighted by Gasteiger charge is 2.07. The van der Waals surface area contributed by atoms with Gasteiger partial charge >= 0.3 is 5.97 Å². The molecule has 70 valence electrons. The topological polar surface area (TPSA) is 71.4 Å². The van der Waals surface area contributed by atoms with Crippen LogP contribution in [0.5, 0.6) is 0 Å². The Morgan fingerprint density at radius 3 is 2.31 bits per heavy atom. The third-order valence-electron chi connectivity index (χ3n) is 1.42. The van der Waals surface area contributed by atoms with Crippen LogP contribution in [0.3, 0.4) is 0 Å². The summed E-state index contributed by atoms with van der Waals surface area (Å²) in [5, 5.41) is 8.45. The van der Waals surface area contributed by atoms with Gasteiger partial charge in [-0.25, -0.2) is 0 Å². The van der Waals surface area contributed by atoms with E-state index >= 15 is 0 Å². The summed E-state index contributed by atoms with van der Waals surface area (Å²) in [6, 6.07) is 0. The van der Waals surface area contributed by atoms with Gasteiger partial charge in [0.15, 0.2) is 0 Å². The molecule has 0 radical (unpaired) electrons. The lowest BCUT2D eigenvalue weighted by molar-refractivity contribution is -0.136. The van der Waals surface area contributed by atoms with Crippen LogP contribution < -0.4 is 0 Å². The fraction of sp³-hybridized carbons (Fsp3) is 0.222. The van der Waals surface area contributed by atoms with Gasteiger partial charge in [0.05, 0.1) is 6.42 Å². The molecule has 0 rings (SSSR count). The quantitative estimate of drug-likeness (QED) is 0.386. The van der Waals surface area contributed by atoms with E-state index in [4.69, 9.17) is 5.11 Å². The van der Waals surface area contributed by atoms with Gasteiger partial charge in [-0.05, 0) is 18.6 Å². The lowest BCUT2D eigenvalue weighted by Crippen LogP contribution is -2.01. The van der Waals surface area contributed by atoms with Crippen LogP contribution in [0.15, 0.2) is 23.3 Å². The summed E-state index contributed by atoms with van der Waals surface area (Å²) < 4.78 is 0. The molecule has 13 heavy (non-hydrogen) atoms. The summed E-state index contributed by atoms with van der Waals surface area (Å²) in [5.41, 5.74) is 0.453.